The summed E-state index contributed by atoms with van der Waals surface area (Å²) in [5.41, 5.74) is 0.0660. The molecule has 8 heteroatoms. The molecule has 0 aromatic carbocycles. The van der Waals surface area contributed by atoms with Crippen molar-refractivity contribution in [2.24, 2.45) is 0 Å². The van der Waals surface area contributed by atoms with Crippen LogP contribution in [0.1, 0.15) is 33.6 Å². The maximum absolute atomic E-state index is 11.8. The fourth-order valence-electron chi connectivity index (χ4n) is 2.53. The fraction of sp³-hybridized carbons (Fsp3) is 0.643. The molecule has 1 aliphatic heterocycles. The molecule has 1 aromatic heterocycles. The first-order chi connectivity index (χ1) is 10.3. The summed E-state index contributed by atoms with van der Waals surface area (Å²) in [5.74, 6) is 0. The van der Waals surface area contributed by atoms with E-state index in [0.717, 1.165) is 19.4 Å². The van der Waals surface area contributed by atoms with Gasteiger partial charge in [0, 0.05) is 25.3 Å². The highest BCUT2D eigenvalue weighted by Gasteiger charge is 2.28. The summed E-state index contributed by atoms with van der Waals surface area (Å²) >= 11 is 0. The van der Waals surface area contributed by atoms with E-state index < -0.39 is 16.6 Å². The standard InChI is InChI=1S/C14H22N4O4/c1-14(2,3)22-13(19)16-10-5-4-6-17(9-10)11-7-15-8-12(11)18(20)21/h7-8,10,15H,4-6,9H2,1-3H3,(H,16,19)/t10-/m1/s1. The molecule has 1 aliphatic rings. The number of alkyl carbamates (subject to hydrolysis) is 1. The van der Waals surface area contributed by atoms with E-state index in [1.807, 2.05) is 25.7 Å². The zero-order chi connectivity index (χ0) is 16.3. The number of aromatic nitrogens is 1. The van der Waals surface area contributed by atoms with Crippen LogP contribution < -0.4 is 10.2 Å². The third kappa shape index (κ3) is 4.12. The zero-order valence-corrected chi connectivity index (χ0v) is 13.1. The van der Waals surface area contributed by atoms with Crippen LogP contribution in [-0.4, -0.2) is 40.7 Å². The lowest BCUT2D eigenvalue weighted by atomic mass is 10.1. The molecular formula is C14H22N4O4. The molecule has 0 bridgehead atoms. The van der Waals surface area contributed by atoms with Gasteiger partial charge in [0.1, 0.15) is 11.3 Å². The zero-order valence-electron chi connectivity index (χ0n) is 13.1. The monoisotopic (exact) mass is 310 g/mol. The first-order valence-electron chi connectivity index (χ1n) is 7.32. The van der Waals surface area contributed by atoms with Gasteiger partial charge >= 0.3 is 11.8 Å². The minimum Gasteiger partial charge on any atom is -0.444 e. The van der Waals surface area contributed by atoms with Crippen molar-refractivity contribution >= 4 is 17.5 Å². The molecule has 1 atom stereocenters. The van der Waals surface area contributed by atoms with Crippen LogP contribution in [0.15, 0.2) is 12.4 Å². The molecule has 8 nitrogen and oxygen atoms in total. The Hall–Kier alpha value is -2.25. The fourth-order valence-corrected chi connectivity index (χ4v) is 2.53. The molecule has 1 aromatic rings. The molecule has 0 unspecified atom stereocenters. The molecule has 2 rings (SSSR count). The predicted octanol–water partition coefficient (Wildman–Crippen LogP) is 2.42. The number of nitrogens with zero attached hydrogens (tertiary/aromatic N) is 2. The lowest BCUT2D eigenvalue weighted by Gasteiger charge is -2.34. The molecule has 0 spiro atoms. The topological polar surface area (TPSA) is 100 Å². The Balaban J connectivity index is 1.99. The highest BCUT2D eigenvalue weighted by Crippen LogP contribution is 2.29. The van der Waals surface area contributed by atoms with Crippen molar-refractivity contribution < 1.29 is 14.5 Å². The summed E-state index contributed by atoms with van der Waals surface area (Å²) in [6.45, 7) is 6.68. The maximum Gasteiger partial charge on any atom is 0.407 e. The number of amides is 1. The number of anilines is 1. The van der Waals surface area contributed by atoms with Crippen molar-refractivity contribution in [3.8, 4) is 0 Å². The summed E-state index contributed by atoms with van der Waals surface area (Å²) in [4.78, 5) is 27.1. The number of nitrogens with one attached hydrogen (secondary N) is 2. The number of H-pyrrole nitrogens is 1. The molecule has 2 N–H and O–H groups in total. The molecule has 122 valence electrons. The SMILES string of the molecule is CC(C)(C)OC(=O)N[C@@H]1CCCN(c2c[nH]cc2[N+](=O)[O-])C1. The Morgan fingerprint density at radius 3 is 2.86 bits per heavy atom. The number of ether oxygens (including phenoxy) is 1. The molecule has 22 heavy (non-hydrogen) atoms. The number of carbonyl (C=O) groups excluding carboxylic acids is 1. The van der Waals surface area contributed by atoms with Gasteiger partial charge < -0.3 is 19.9 Å². The first-order valence-corrected chi connectivity index (χ1v) is 7.32. The van der Waals surface area contributed by atoms with Crippen LogP contribution in [0.4, 0.5) is 16.2 Å². The molecule has 2 heterocycles. The van der Waals surface area contributed by atoms with Crippen LogP contribution in [0, 0.1) is 10.1 Å². The van der Waals surface area contributed by atoms with E-state index in [1.54, 1.807) is 6.20 Å². The van der Waals surface area contributed by atoms with Crippen LogP contribution >= 0.6 is 0 Å². The normalized spacial score (nSPS) is 18.9. The predicted molar refractivity (Wildman–Crippen MR) is 82.1 cm³/mol. The van der Waals surface area contributed by atoms with Crippen molar-refractivity contribution in [2.75, 3.05) is 18.0 Å². The van der Waals surface area contributed by atoms with Gasteiger partial charge in [0.25, 0.3) is 0 Å². The Kier molecular flexibility index (Phi) is 4.58. The lowest BCUT2D eigenvalue weighted by molar-refractivity contribution is -0.384. The maximum atomic E-state index is 11.8. The summed E-state index contributed by atoms with van der Waals surface area (Å²) in [6.07, 6.45) is 4.22. The molecule has 0 aliphatic carbocycles. The number of piperidine rings is 1. The van der Waals surface area contributed by atoms with Crippen molar-refractivity contribution in [1.82, 2.24) is 10.3 Å². The quantitative estimate of drug-likeness (QED) is 0.659. The van der Waals surface area contributed by atoms with Gasteiger partial charge in [-0.2, -0.15) is 0 Å². The number of rotatable bonds is 3. The smallest absolute Gasteiger partial charge is 0.407 e. The second-order valence-electron chi connectivity index (χ2n) is 6.41. The van der Waals surface area contributed by atoms with Gasteiger partial charge in [-0.25, -0.2) is 4.79 Å². The molecule has 0 radical (unpaired) electrons. The van der Waals surface area contributed by atoms with Gasteiger partial charge in [-0.1, -0.05) is 0 Å². The Bertz CT molecular complexity index is 549. The van der Waals surface area contributed by atoms with E-state index >= 15 is 0 Å². The second kappa shape index (κ2) is 6.25. The number of aromatic amines is 1. The van der Waals surface area contributed by atoms with Crippen LogP contribution in [-0.2, 0) is 4.74 Å². The van der Waals surface area contributed by atoms with Gasteiger partial charge in [-0.05, 0) is 33.6 Å². The number of hydrogen-bond acceptors (Lipinski definition) is 5. The third-order valence-corrected chi connectivity index (χ3v) is 3.38. The van der Waals surface area contributed by atoms with E-state index in [9.17, 15) is 14.9 Å². The second-order valence-corrected chi connectivity index (χ2v) is 6.41. The average Bonchev–Trinajstić information content (AvgIpc) is 2.85. The molecule has 0 saturated carbocycles. The number of nitro groups is 1. The van der Waals surface area contributed by atoms with Gasteiger partial charge in [0.2, 0.25) is 0 Å². The Morgan fingerprint density at radius 1 is 1.50 bits per heavy atom. The summed E-state index contributed by atoms with van der Waals surface area (Å²) in [7, 11) is 0. The van der Waals surface area contributed by atoms with Crippen molar-refractivity contribution in [3.05, 3.63) is 22.5 Å². The molecule has 1 fully saturated rings. The summed E-state index contributed by atoms with van der Waals surface area (Å²) in [5, 5.41) is 13.8. The van der Waals surface area contributed by atoms with Crippen molar-refractivity contribution in [2.45, 2.75) is 45.3 Å². The van der Waals surface area contributed by atoms with Crippen LogP contribution in [0.3, 0.4) is 0 Å². The van der Waals surface area contributed by atoms with Crippen LogP contribution in [0.2, 0.25) is 0 Å². The lowest BCUT2D eigenvalue weighted by Crippen LogP contribution is -2.49. The van der Waals surface area contributed by atoms with Crippen LogP contribution in [0.25, 0.3) is 0 Å². The van der Waals surface area contributed by atoms with Gasteiger partial charge in [0.15, 0.2) is 0 Å². The molecule has 1 saturated heterocycles. The first kappa shape index (κ1) is 16.1. The number of carbonyl (C=O) groups is 1. The van der Waals surface area contributed by atoms with Crippen molar-refractivity contribution in [3.63, 3.8) is 0 Å². The van der Waals surface area contributed by atoms with Crippen molar-refractivity contribution in [1.29, 1.82) is 0 Å². The highest BCUT2D eigenvalue weighted by atomic mass is 16.6. The van der Waals surface area contributed by atoms with Gasteiger partial charge in [-0.15, -0.1) is 0 Å². The molecule has 1 amide bonds. The third-order valence-electron chi connectivity index (χ3n) is 3.38. The number of hydrogen-bond donors (Lipinski definition) is 2. The van der Waals surface area contributed by atoms with E-state index in [1.165, 1.54) is 6.20 Å². The average molecular weight is 310 g/mol. The minimum absolute atomic E-state index is 0.0536. The highest BCUT2D eigenvalue weighted by molar-refractivity contribution is 5.68. The largest absolute Gasteiger partial charge is 0.444 e. The Labute approximate surface area is 129 Å². The van der Waals surface area contributed by atoms with Gasteiger partial charge in [0.05, 0.1) is 11.1 Å². The van der Waals surface area contributed by atoms with E-state index in [-0.39, 0.29) is 11.7 Å². The summed E-state index contributed by atoms with van der Waals surface area (Å²) < 4.78 is 5.25. The van der Waals surface area contributed by atoms with E-state index in [4.69, 9.17) is 4.74 Å². The molecular weight excluding hydrogens is 288 g/mol. The minimum atomic E-state index is -0.544. The summed E-state index contributed by atoms with van der Waals surface area (Å²) in [6, 6.07) is -0.0851. The van der Waals surface area contributed by atoms with Crippen LogP contribution in [0.5, 0.6) is 0 Å². The van der Waals surface area contributed by atoms with Gasteiger partial charge in [-0.3, -0.25) is 10.1 Å². The Morgan fingerprint density at radius 2 is 2.23 bits per heavy atom. The van der Waals surface area contributed by atoms with E-state index in [2.05, 4.69) is 10.3 Å². The van der Waals surface area contributed by atoms with E-state index in [0.29, 0.717) is 12.2 Å².